The molecule has 0 aliphatic rings. The van der Waals surface area contributed by atoms with Gasteiger partial charge in [0.25, 0.3) is 0 Å². The highest BCUT2D eigenvalue weighted by molar-refractivity contribution is 5.93. The van der Waals surface area contributed by atoms with Crippen LogP contribution in [0.3, 0.4) is 0 Å². The van der Waals surface area contributed by atoms with Crippen molar-refractivity contribution >= 4 is 10.9 Å². The van der Waals surface area contributed by atoms with Crippen LogP contribution in [-0.2, 0) is 13.5 Å². The van der Waals surface area contributed by atoms with E-state index in [0.29, 0.717) is 0 Å². The number of rotatable bonds is 5. The zero-order chi connectivity index (χ0) is 18.8. The van der Waals surface area contributed by atoms with E-state index in [4.69, 9.17) is 9.47 Å². The number of ether oxygens (including phenoxy) is 2. The van der Waals surface area contributed by atoms with Crippen molar-refractivity contribution in [3.8, 4) is 22.8 Å². The summed E-state index contributed by atoms with van der Waals surface area (Å²) in [5.74, 6) is 1.74. The minimum Gasteiger partial charge on any atom is -0.497 e. The van der Waals surface area contributed by atoms with Gasteiger partial charge in [-0.25, -0.2) is 0 Å². The van der Waals surface area contributed by atoms with Crippen LogP contribution < -0.4 is 9.47 Å². The zero-order valence-corrected chi connectivity index (χ0v) is 15.9. The van der Waals surface area contributed by atoms with Crippen molar-refractivity contribution in [1.82, 2.24) is 4.57 Å². The van der Waals surface area contributed by atoms with Gasteiger partial charge in [-0.1, -0.05) is 30.3 Å². The van der Waals surface area contributed by atoms with Gasteiger partial charge in [-0.2, -0.15) is 0 Å². The molecule has 0 aliphatic carbocycles. The van der Waals surface area contributed by atoms with Crippen LogP contribution in [0.1, 0.15) is 11.1 Å². The molecule has 0 unspecified atom stereocenters. The smallest absolute Gasteiger partial charge is 0.120 e. The first-order chi connectivity index (χ1) is 13.2. The topological polar surface area (TPSA) is 23.4 Å². The number of hydrogen-bond acceptors (Lipinski definition) is 2. The molecule has 0 saturated carbocycles. The van der Waals surface area contributed by atoms with E-state index in [9.17, 15) is 0 Å². The maximum Gasteiger partial charge on any atom is 0.120 e. The third kappa shape index (κ3) is 3.17. The summed E-state index contributed by atoms with van der Waals surface area (Å²) >= 11 is 0. The van der Waals surface area contributed by atoms with Crippen molar-refractivity contribution in [2.75, 3.05) is 14.2 Å². The Morgan fingerprint density at radius 3 is 2.11 bits per heavy atom. The normalized spacial score (nSPS) is 10.9. The average Bonchev–Trinajstić information content (AvgIpc) is 3.00. The van der Waals surface area contributed by atoms with Gasteiger partial charge in [0.1, 0.15) is 11.5 Å². The Balaban J connectivity index is 1.93. The van der Waals surface area contributed by atoms with Gasteiger partial charge in [0.2, 0.25) is 0 Å². The molecule has 3 nitrogen and oxygen atoms in total. The summed E-state index contributed by atoms with van der Waals surface area (Å²) in [6.07, 6.45) is 0.881. The monoisotopic (exact) mass is 357 g/mol. The number of nitrogens with zero attached hydrogens (tertiary/aromatic N) is 1. The van der Waals surface area contributed by atoms with Crippen molar-refractivity contribution in [2.45, 2.75) is 6.42 Å². The van der Waals surface area contributed by atoms with E-state index in [0.717, 1.165) is 17.9 Å². The molecule has 0 aliphatic heterocycles. The molecule has 0 bridgehead atoms. The second-order valence-corrected chi connectivity index (χ2v) is 6.66. The number of benzene rings is 3. The molecule has 0 fully saturated rings. The maximum absolute atomic E-state index is 5.45. The van der Waals surface area contributed by atoms with Crippen LogP contribution in [0.15, 0.2) is 72.8 Å². The molecule has 0 N–H and O–H groups in total. The highest BCUT2D eigenvalue weighted by atomic mass is 16.5. The van der Waals surface area contributed by atoms with E-state index in [1.54, 1.807) is 14.2 Å². The lowest BCUT2D eigenvalue weighted by molar-refractivity contribution is 0.415. The van der Waals surface area contributed by atoms with Gasteiger partial charge >= 0.3 is 0 Å². The first-order valence-corrected chi connectivity index (χ1v) is 9.05. The first kappa shape index (κ1) is 17.2. The van der Waals surface area contributed by atoms with Crippen LogP contribution >= 0.6 is 0 Å². The molecule has 27 heavy (non-hydrogen) atoms. The minimum absolute atomic E-state index is 0.865. The van der Waals surface area contributed by atoms with E-state index < -0.39 is 0 Å². The lowest BCUT2D eigenvalue weighted by Crippen LogP contribution is -1.96. The number of fused-ring (bicyclic) bond motifs is 1. The molecule has 1 aromatic heterocycles. The third-order valence-electron chi connectivity index (χ3n) is 5.10. The van der Waals surface area contributed by atoms with Crippen molar-refractivity contribution < 1.29 is 9.47 Å². The lowest BCUT2D eigenvalue weighted by Gasteiger charge is -2.10. The van der Waals surface area contributed by atoms with E-state index in [2.05, 4.69) is 66.2 Å². The van der Waals surface area contributed by atoms with Crippen LogP contribution in [0.4, 0.5) is 0 Å². The highest BCUT2D eigenvalue weighted by Gasteiger charge is 2.17. The molecule has 4 aromatic rings. The van der Waals surface area contributed by atoms with Crippen molar-refractivity contribution in [3.05, 3.63) is 83.9 Å². The molecule has 3 heteroatoms. The SMILES string of the molecule is COc1ccc(-c2c(Cc3ccccc3)c3ccc(OC)cc3n2C)cc1. The molecular weight excluding hydrogens is 334 g/mol. The first-order valence-electron chi connectivity index (χ1n) is 9.05. The average molecular weight is 357 g/mol. The van der Waals surface area contributed by atoms with Gasteiger partial charge in [0.15, 0.2) is 0 Å². The number of methoxy groups -OCH3 is 2. The summed E-state index contributed by atoms with van der Waals surface area (Å²) in [6, 6.07) is 25.2. The van der Waals surface area contributed by atoms with Crippen LogP contribution in [0.2, 0.25) is 0 Å². The fourth-order valence-electron chi connectivity index (χ4n) is 3.72. The molecule has 136 valence electrons. The Morgan fingerprint density at radius 1 is 0.778 bits per heavy atom. The second-order valence-electron chi connectivity index (χ2n) is 6.66. The fraction of sp³-hybridized carbons (Fsp3) is 0.167. The Hall–Kier alpha value is -3.20. The second kappa shape index (κ2) is 7.20. The quantitative estimate of drug-likeness (QED) is 0.474. The van der Waals surface area contributed by atoms with Gasteiger partial charge < -0.3 is 14.0 Å². The summed E-state index contributed by atoms with van der Waals surface area (Å²) in [7, 11) is 5.52. The fourth-order valence-corrected chi connectivity index (χ4v) is 3.72. The molecule has 0 radical (unpaired) electrons. The predicted molar refractivity (Wildman–Crippen MR) is 111 cm³/mol. The summed E-state index contributed by atoms with van der Waals surface area (Å²) in [5.41, 5.74) is 6.21. The Morgan fingerprint density at radius 2 is 1.44 bits per heavy atom. The van der Waals surface area contributed by atoms with E-state index in [-0.39, 0.29) is 0 Å². The van der Waals surface area contributed by atoms with Crippen molar-refractivity contribution in [3.63, 3.8) is 0 Å². The Bertz CT molecular complexity index is 1060. The molecule has 0 spiro atoms. The van der Waals surface area contributed by atoms with E-state index in [1.807, 2.05) is 18.2 Å². The summed E-state index contributed by atoms with van der Waals surface area (Å²) in [5, 5.41) is 1.26. The van der Waals surface area contributed by atoms with Gasteiger partial charge in [-0.15, -0.1) is 0 Å². The third-order valence-corrected chi connectivity index (χ3v) is 5.10. The van der Waals surface area contributed by atoms with E-state index >= 15 is 0 Å². The van der Waals surface area contributed by atoms with Crippen molar-refractivity contribution in [2.24, 2.45) is 7.05 Å². The van der Waals surface area contributed by atoms with Crippen LogP contribution in [0.5, 0.6) is 11.5 Å². The van der Waals surface area contributed by atoms with Gasteiger partial charge in [-0.05, 0) is 53.1 Å². The Kier molecular flexibility index (Phi) is 4.59. The molecule has 0 amide bonds. The highest BCUT2D eigenvalue weighted by Crippen LogP contribution is 2.36. The Labute approximate surface area is 159 Å². The molecule has 3 aromatic carbocycles. The van der Waals surface area contributed by atoms with Gasteiger partial charge in [-0.3, -0.25) is 0 Å². The molecular formula is C24H23NO2. The number of hydrogen-bond donors (Lipinski definition) is 0. The summed E-state index contributed by atoms with van der Waals surface area (Å²) in [6.45, 7) is 0. The number of aromatic nitrogens is 1. The van der Waals surface area contributed by atoms with Crippen LogP contribution in [0.25, 0.3) is 22.2 Å². The van der Waals surface area contributed by atoms with Gasteiger partial charge in [0.05, 0.1) is 25.4 Å². The minimum atomic E-state index is 0.865. The largest absolute Gasteiger partial charge is 0.497 e. The van der Waals surface area contributed by atoms with Crippen LogP contribution in [-0.4, -0.2) is 18.8 Å². The zero-order valence-electron chi connectivity index (χ0n) is 15.9. The lowest BCUT2D eigenvalue weighted by atomic mass is 9.98. The number of aryl methyl sites for hydroxylation is 1. The summed E-state index contributed by atoms with van der Waals surface area (Å²) in [4.78, 5) is 0. The van der Waals surface area contributed by atoms with Crippen LogP contribution in [0, 0.1) is 0 Å². The molecule has 4 rings (SSSR count). The van der Waals surface area contributed by atoms with Crippen molar-refractivity contribution in [1.29, 1.82) is 0 Å². The van der Waals surface area contributed by atoms with Gasteiger partial charge in [0, 0.05) is 24.9 Å². The standard InChI is InChI=1S/C24H23NO2/c1-25-23-16-20(27-3)13-14-21(23)22(15-17-7-5-4-6-8-17)24(25)18-9-11-19(26-2)12-10-18/h4-14,16H,15H2,1-3H3. The molecule has 0 atom stereocenters. The molecule has 1 heterocycles. The summed E-state index contributed by atoms with van der Waals surface area (Å²) < 4.78 is 13.0. The predicted octanol–water partition coefficient (Wildman–Crippen LogP) is 5.45. The molecule has 0 saturated heterocycles. The van der Waals surface area contributed by atoms with E-state index in [1.165, 1.54) is 33.3 Å². The maximum atomic E-state index is 5.45.